The molecule has 0 unspecified atom stereocenters. The van der Waals surface area contributed by atoms with Gasteiger partial charge in [-0.05, 0) is 18.2 Å². The second-order valence-electron chi connectivity index (χ2n) is 5.40. The van der Waals surface area contributed by atoms with Gasteiger partial charge in [0.25, 0.3) is 0 Å². The first-order chi connectivity index (χ1) is 9.25. The molecule has 2 rings (SSSR count). The second kappa shape index (κ2) is 5.88. The fourth-order valence-electron chi connectivity index (χ4n) is 1.55. The van der Waals surface area contributed by atoms with E-state index in [1.807, 2.05) is 39.0 Å². The summed E-state index contributed by atoms with van der Waals surface area (Å²) in [4.78, 5) is 8.74. The molecule has 0 bridgehead atoms. The molecule has 106 valence electrons. The quantitative estimate of drug-likeness (QED) is 0.696. The van der Waals surface area contributed by atoms with Crippen LogP contribution < -0.4 is 5.32 Å². The molecule has 0 radical (unpaired) electrons. The number of hydrogen-bond acceptors (Lipinski definition) is 3. The van der Waals surface area contributed by atoms with E-state index in [1.165, 1.54) is 0 Å². The highest BCUT2D eigenvalue weighted by Crippen LogP contribution is 2.29. The lowest BCUT2D eigenvalue weighted by Gasteiger charge is -2.18. The fraction of sp³-hybridized carbons (Fsp3) is 0.286. The third kappa shape index (κ3) is 3.84. The van der Waals surface area contributed by atoms with Crippen LogP contribution in [0, 0.1) is 0 Å². The highest BCUT2D eigenvalue weighted by atomic mass is 79.9. The zero-order valence-corrected chi connectivity index (χ0v) is 14.4. The molecule has 1 aromatic carbocycles. The first kappa shape index (κ1) is 15.5. The number of rotatable bonds is 2. The highest BCUT2D eigenvalue weighted by molar-refractivity contribution is 9.10. The molecule has 2 aromatic rings. The number of benzene rings is 1. The Kier molecular flexibility index (Phi) is 4.57. The van der Waals surface area contributed by atoms with Gasteiger partial charge in [0.15, 0.2) is 0 Å². The molecule has 1 N–H and O–H groups in total. The van der Waals surface area contributed by atoms with E-state index in [1.54, 1.807) is 6.07 Å². The van der Waals surface area contributed by atoms with Gasteiger partial charge in [-0.15, -0.1) is 0 Å². The Hall–Kier alpha value is -0.840. The second-order valence-corrected chi connectivity index (χ2v) is 7.11. The van der Waals surface area contributed by atoms with Crippen LogP contribution in [0.2, 0.25) is 10.2 Å². The van der Waals surface area contributed by atoms with Crippen LogP contribution in [0.5, 0.6) is 0 Å². The maximum Gasteiger partial charge on any atom is 0.137 e. The first-order valence-electron chi connectivity index (χ1n) is 6.03. The maximum absolute atomic E-state index is 6.18. The molecule has 6 heteroatoms. The molecule has 0 aliphatic carbocycles. The summed E-state index contributed by atoms with van der Waals surface area (Å²) >= 11 is 15.6. The molecule has 0 saturated heterocycles. The van der Waals surface area contributed by atoms with E-state index >= 15 is 0 Å². The predicted molar refractivity (Wildman–Crippen MR) is 88.2 cm³/mol. The molecular weight excluding hydrogens is 361 g/mol. The molecule has 0 aliphatic heterocycles. The molecule has 1 aromatic heterocycles. The zero-order chi connectivity index (χ0) is 14.9. The lowest BCUT2D eigenvalue weighted by atomic mass is 9.96. The summed E-state index contributed by atoms with van der Waals surface area (Å²) in [5, 5.41) is 4.17. The van der Waals surface area contributed by atoms with E-state index in [-0.39, 0.29) is 5.41 Å². The summed E-state index contributed by atoms with van der Waals surface area (Å²) in [6.07, 6.45) is 0. The van der Waals surface area contributed by atoms with Crippen molar-refractivity contribution in [3.05, 3.63) is 44.7 Å². The van der Waals surface area contributed by atoms with Gasteiger partial charge >= 0.3 is 0 Å². The van der Waals surface area contributed by atoms with Gasteiger partial charge in [-0.3, -0.25) is 0 Å². The topological polar surface area (TPSA) is 37.8 Å². The van der Waals surface area contributed by atoms with Gasteiger partial charge < -0.3 is 5.32 Å². The van der Waals surface area contributed by atoms with E-state index in [9.17, 15) is 0 Å². The third-order valence-corrected chi connectivity index (χ3v) is 3.56. The van der Waals surface area contributed by atoms with Gasteiger partial charge in [-0.1, -0.05) is 59.9 Å². The highest BCUT2D eigenvalue weighted by Gasteiger charge is 2.19. The van der Waals surface area contributed by atoms with Crippen LogP contribution in [-0.4, -0.2) is 9.97 Å². The maximum atomic E-state index is 6.18. The third-order valence-electron chi connectivity index (χ3n) is 2.56. The molecule has 0 fully saturated rings. The van der Waals surface area contributed by atoms with E-state index < -0.39 is 0 Å². The minimum absolute atomic E-state index is 0.176. The van der Waals surface area contributed by atoms with E-state index in [2.05, 4.69) is 31.2 Å². The van der Waals surface area contributed by atoms with E-state index in [4.69, 9.17) is 23.2 Å². The largest absolute Gasteiger partial charge is 0.339 e. The summed E-state index contributed by atoms with van der Waals surface area (Å²) in [5.74, 6) is 1.31. The number of nitrogens with one attached hydrogen (secondary N) is 1. The van der Waals surface area contributed by atoms with E-state index in [0.717, 1.165) is 10.2 Å². The van der Waals surface area contributed by atoms with Crippen molar-refractivity contribution in [2.75, 3.05) is 5.32 Å². The van der Waals surface area contributed by atoms with Gasteiger partial charge in [0, 0.05) is 16.0 Å². The van der Waals surface area contributed by atoms with Crippen molar-refractivity contribution in [1.82, 2.24) is 9.97 Å². The molecular formula is C14H14BrCl2N3. The van der Waals surface area contributed by atoms with Crippen LogP contribution in [0.25, 0.3) is 0 Å². The summed E-state index contributed by atoms with van der Waals surface area (Å²) < 4.78 is 0.921. The van der Waals surface area contributed by atoms with Crippen molar-refractivity contribution in [2.45, 2.75) is 26.2 Å². The fourth-order valence-corrected chi connectivity index (χ4v) is 2.45. The summed E-state index contributed by atoms with van der Waals surface area (Å²) in [6.45, 7) is 6.11. The Morgan fingerprint density at radius 3 is 2.40 bits per heavy atom. The number of hydrogen-bond donors (Lipinski definition) is 1. The Morgan fingerprint density at radius 2 is 1.80 bits per heavy atom. The minimum Gasteiger partial charge on any atom is -0.339 e. The average molecular weight is 375 g/mol. The lowest BCUT2D eigenvalue weighted by Crippen LogP contribution is -2.16. The number of nitrogens with zero attached hydrogens (tertiary/aromatic N) is 2. The van der Waals surface area contributed by atoms with Crippen molar-refractivity contribution in [3.63, 3.8) is 0 Å². The normalized spacial score (nSPS) is 11.5. The summed E-state index contributed by atoms with van der Waals surface area (Å²) in [5.41, 5.74) is 0.592. The van der Waals surface area contributed by atoms with Crippen molar-refractivity contribution in [2.24, 2.45) is 0 Å². The van der Waals surface area contributed by atoms with Gasteiger partial charge in [-0.25, -0.2) is 9.97 Å². The smallest absolute Gasteiger partial charge is 0.137 e. The van der Waals surface area contributed by atoms with Crippen molar-refractivity contribution in [1.29, 1.82) is 0 Å². The predicted octanol–water partition coefficient (Wildman–Crippen LogP) is 5.59. The SMILES string of the molecule is CC(C)(C)c1nc(Cl)cc(Nc2ccc(Br)cc2Cl)n1. The molecule has 0 atom stereocenters. The molecule has 0 spiro atoms. The van der Waals surface area contributed by atoms with Gasteiger partial charge in [-0.2, -0.15) is 0 Å². The molecule has 3 nitrogen and oxygen atoms in total. The average Bonchev–Trinajstić information content (AvgIpc) is 2.31. The molecule has 0 saturated carbocycles. The standard InChI is InChI=1S/C14H14BrCl2N3/c1-14(2,3)13-19-11(17)7-12(20-13)18-10-5-4-8(15)6-9(10)16/h4-7H,1-3H3,(H,18,19,20). The van der Waals surface area contributed by atoms with Crippen LogP contribution in [0.1, 0.15) is 26.6 Å². The van der Waals surface area contributed by atoms with Crippen LogP contribution in [0.15, 0.2) is 28.7 Å². The van der Waals surface area contributed by atoms with Gasteiger partial charge in [0.2, 0.25) is 0 Å². The van der Waals surface area contributed by atoms with Crippen LogP contribution >= 0.6 is 39.1 Å². The van der Waals surface area contributed by atoms with Crippen LogP contribution in [0.3, 0.4) is 0 Å². The number of halogens is 3. The molecule has 1 heterocycles. The van der Waals surface area contributed by atoms with Crippen LogP contribution in [0.4, 0.5) is 11.5 Å². The Bertz CT molecular complexity index is 639. The van der Waals surface area contributed by atoms with Crippen LogP contribution in [-0.2, 0) is 5.41 Å². The Labute approximate surface area is 136 Å². The minimum atomic E-state index is -0.176. The Balaban J connectivity index is 2.36. The van der Waals surface area contributed by atoms with E-state index in [0.29, 0.717) is 21.8 Å². The van der Waals surface area contributed by atoms with Crippen molar-refractivity contribution in [3.8, 4) is 0 Å². The molecule has 0 aliphatic rings. The summed E-state index contributed by atoms with van der Waals surface area (Å²) in [7, 11) is 0. The number of aromatic nitrogens is 2. The first-order valence-corrected chi connectivity index (χ1v) is 7.58. The Morgan fingerprint density at radius 1 is 1.10 bits per heavy atom. The number of anilines is 2. The van der Waals surface area contributed by atoms with Gasteiger partial charge in [0.05, 0.1) is 10.7 Å². The van der Waals surface area contributed by atoms with Crippen molar-refractivity contribution < 1.29 is 0 Å². The van der Waals surface area contributed by atoms with Gasteiger partial charge in [0.1, 0.15) is 16.8 Å². The molecule has 0 amide bonds. The lowest BCUT2D eigenvalue weighted by molar-refractivity contribution is 0.546. The van der Waals surface area contributed by atoms with Crippen molar-refractivity contribution >= 4 is 50.6 Å². The zero-order valence-electron chi connectivity index (χ0n) is 11.3. The molecule has 20 heavy (non-hydrogen) atoms. The monoisotopic (exact) mass is 373 g/mol. The summed E-state index contributed by atoms with van der Waals surface area (Å²) in [6, 6.07) is 7.27.